The minimum Gasteiger partial charge on any atom is -0.283 e. The zero-order chi connectivity index (χ0) is 15.6. The molecule has 0 aliphatic heterocycles. The minimum absolute atomic E-state index is 0.753. The molecule has 0 atom stereocenters. The fraction of sp³-hybridized carbons (Fsp3) is 0.0556. The first kappa shape index (κ1) is 13.8. The highest BCUT2D eigenvalue weighted by molar-refractivity contribution is 7.13. The van der Waals surface area contributed by atoms with E-state index < -0.39 is 0 Å². The molecule has 0 bridgehead atoms. The number of aromatic nitrogens is 2. The second-order valence-corrected chi connectivity index (χ2v) is 6.17. The standard InChI is InChI=1S/C18H14N4S/c1-13-7-9-14(10-8-13)20-21-18-17(15-5-4-12-23-15)19-16-6-2-3-11-22(16)18/h2-12H,1H3. The van der Waals surface area contributed by atoms with Crippen molar-refractivity contribution in [3.63, 3.8) is 0 Å². The Morgan fingerprint density at radius 2 is 1.83 bits per heavy atom. The normalized spacial score (nSPS) is 11.5. The first-order valence-corrected chi connectivity index (χ1v) is 8.18. The van der Waals surface area contributed by atoms with Crippen LogP contribution in [0.2, 0.25) is 0 Å². The lowest BCUT2D eigenvalue weighted by molar-refractivity contribution is 1.11. The molecule has 0 saturated carbocycles. The molecule has 4 aromatic rings. The van der Waals surface area contributed by atoms with E-state index >= 15 is 0 Å². The number of hydrogen-bond acceptors (Lipinski definition) is 4. The fourth-order valence-electron chi connectivity index (χ4n) is 2.37. The fourth-order valence-corrected chi connectivity index (χ4v) is 3.08. The van der Waals surface area contributed by atoms with Crippen LogP contribution >= 0.6 is 11.3 Å². The summed E-state index contributed by atoms with van der Waals surface area (Å²) in [6, 6.07) is 18.0. The molecular formula is C18H14N4S. The highest BCUT2D eigenvalue weighted by Crippen LogP contribution is 2.34. The van der Waals surface area contributed by atoms with Gasteiger partial charge >= 0.3 is 0 Å². The van der Waals surface area contributed by atoms with Crippen LogP contribution in [0, 0.1) is 6.92 Å². The summed E-state index contributed by atoms with van der Waals surface area (Å²) < 4.78 is 1.97. The van der Waals surface area contributed by atoms with Crippen molar-refractivity contribution in [2.24, 2.45) is 10.2 Å². The van der Waals surface area contributed by atoms with Crippen LogP contribution in [0.25, 0.3) is 16.2 Å². The van der Waals surface area contributed by atoms with Crippen molar-refractivity contribution in [1.82, 2.24) is 9.38 Å². The summed E-state index contributed by atoms with van der Waals surface area (Å²) in [5.74, 6) is 0.753. The van der Waals surface area contributed by atoms with Gasteiger partial charge in [-0.1, -0.05) is 29.8 Å². The zero-order valence-corrected chi connectivity index (χ0v) is 13.4. The third-order valence-corrected chi connectivity index (χ3v) is 4.43. The number of azo groups is 1. The average molecular weight is 318 g/mol. The molecule has 0 aliphatic rings. The Morgan fingerprint density at radius 3 is 2.61 bits per heavy atom. The Hall–Kier alpha value is -2.79. The summed E-state index contributed by atoms with van der Waals surface area (Å²) >= 11 is 1.65. The molecule has 3 aromatic heterocycles. The Morgan fingerprint density at radius 1 is 0.957 bits per heavy atom. The summed E-state index contributed by atoms with van der Waals surface area (Å²) in [6.07, 6.45) is 1.96. The van der Waals surface area contributed by atoms with Crippen LogP contribution in [0.4, 0.5) is 11.5 Å². The number of nitrogens with zero attached hydrogens (tertiary/aromatic N) is 4. The van der Waals surface area contributed by atoms with Crippen LogP contribution in [-0.4, -0.2) is 9.38 Å². The van der Waals surface area contributed by atoms with Crippen molar-refractivity contribution in [1.29, 1.82) is 0 Å². The van der Waals surface area contributed by atoms with Gasteiger partial charge in [-0.25, -0.2) is 4.98 Å². The number of hydrogen-bond donors (Lipinski definition) is 0. The van der Waals surface area contributed by atoms with Crippen molar-refractivity contribution in [3.8, 4) is 10.6 Å². The molecule has 4 nitrogen and oxygen atoms in total. The van der Waals surface area contributed by atoms with Crippen LogP contribution in [0.3, 0.4) is 0 Å². The third-order valence-electron chi connectivity index (χ3n) is 3.55. The molecule has 112 valence electrons. The van der Waals surface area contributed by atoms with E-state index in [9.17, 15) is 0 Å². The molecule has 0 spiro atoms. The molecule has 4 rings (SSSR count). The molecule has 5 heteroatoms. The minimum atomic E-state index is 0.753. The number of thiophene rings is 1. The second-order valence-electron chi connectivity index (χ2n) is 5.23. The van der Waals surface area contributed by atoms with E-state index in [1.54, 1.807) is 11.3 Å². The molecule has 0 amide bonds. The first-order chi connectivity index (χ1) is 11.3. The van der Waals surface area contributed by atoms with E-state index in [1.807, 2.05) is 64.5 Å². The second kappa shape index (κ2) is 5.78. The van der Waals surface area contributed by atoms with Gasteiger partial charge in [-0.05, 0) is 42.6 Å². The molecule has 3 heterocycles. The van der Waals surface area contributed by atoms with E-state index in [-0.39, 0.29) is 0 Å². The van der Waals surface area contributed by atoms with Gasteiger partial charge in [0.2, 0.25) is 0 Å². The van der Waals surface area contributed by atoms with Gasteiger partial charge in [-0.3, -0.25) is 4.40 Å². The quantitative estimate of drug-likeness (QED) is 0.441. The van der Waals surface area contributed by atoms with Crippen molar-refractivity contribution >= 4 is 28.5 Å². The summed E-state index contributed by atoms with van der Waals surface area (Å²) in [4.78, 5) is 5.79. The largest absolute Gasteiger partial charge is 0.283 e. The van der Waals surface area contributed by atoms with Crippen LogP contribution in [0.15, 0.2) is 76.4 Å². The first-order valence-electron chi connectivity index (χ1n) is 7.31. The van der Waals surface area contributed by atoms with Gasteiger partial charge < -0.3 is 0 Å². The third kappa shape index (κ3) is 2.66. The van der Waals surface area contributed by atoms with Gasteiger partial charge in [0.1, 0.15) is 11.3 Å². The molecular weight excluding hydrogens is 304 g/mol. The number of aryl methyl sites for hydroxylation is 1. The number of pyridine rings is 1. The van der Waals surface area contributed by atoms with Gasteiger partial charge in [-0.15, -0.1) is 21.6 Å². The van der Waals surface area contributed by atoms with Crippen LogP contribution in [-0.2, 0) is 0 Å². The maximum absolute atomic E-state index is 4.70. The maximum atomic E-state index is 4.70. The summed E-state index contributed by atoms with van der Waals surface area (Å²) in [7, 11) is 0. The summed E-state index contributed by atoms with van der Waals surface area (Å²) in [6.45, 7) is 2.06. The van der Waals surface area contributed by atoms with E-state index in [1.165, 1.54) is 5.56 Å². The number of rotatable bonds is 3. The van der Waals surface area contributed by atoms with E-state index in [4.69, 9.17) is 4.98 Å². The molecule has 0 radical (unpaired) electrons. The lowest BCUT2D eigenvalue weighted by atomic mass is 10.2. The summed E-state index contributed by atoms with van der Waals surface area (Å²) in [5, 5.41) is 10.9. The van der Waals surface area contributed by atoms with Gasteiger partial charge in [0.25, 0.3) is 0 Å². The monoisotopic (exact) mass is 318 g/mol. The highest BCUT2D eigenvalue weighted by atomic mass is 32.1. The molecule has 23 heavy (non-hydrogen) atoms. The average Bonchev–Trinajstić information content (AvgIpc) is 3.22. The van der Waals surface area contributed by atoms with Crippen molar-refractivity contribution < 1.29 is 0 Å². The van der Waals surface area contributed by atoms with Gasteiger partial charge in [0, 0.05) is 6.20 Å². The van der Waals surface area contributed by atoms with Crippen LogP contribution in [0.5, 0.6) is 0 Å². The van der Waals surface area contributed by atoms with Crippen molar-refractivity contribution in [2.75, 3.05) is 0 Å². The number of benzene rings is 1. The molecule has 0 saturated heterocycles. The van der Waals surface area contributed by atoms with Gasteiger partial charge in [0.05, 0.1) is 10.6 Å². The lowest BCUT2D eigenvalue weighted by Crippen LogP contribution is -1.80. The van der Waals surface area contributed by atoms with E-state index in [0.29, 0.717) is 0 Å². The Balaban J connectivity index is 1.84. The lowest BCUT2D eigenvalue weighted by Gasteiger charge is -1.97. The predicted molar refractivity (Wildman–Crippen MR) is 93.9 cm³/mol. The van der Waals surface area contributed by atoms with Crippen molar-refractivity contribution in [2.45, 2.75) is 6.92 Å². The van der Waals surface area contributed by atoms with E-state index in [0.717, 1.165) is 27.7 Å². The van der Waals surface area contributed by atoms with Gasteiger partial charge in [-0.2, -0.15) is 0 Å². The van der Waals surface area contributed by atoms with Crippen LogP contribution < -0.4 is 0 Å². The molecule has 0 aliphatic carbocycles. The molecule has 1 aromatic carbocycles. The SMILES string of the molecule is Cc1ccc(N=Nc2c(-c3cccs3)nc3ccccn23)cc1. The Bertz CT molecular complexity index is 966. The Labute approximate surface area is 137 Å². The van der Waals surface area contributed by atoms with E-state index in [2.05, 4.69) is 23.2 Å². The molecule has 0 fully saturated rings. The van der Waals surface area contributed by atoms with Gasteiger partial charge in [0.15, 0.2) is 5.82 Å². The number of imidazole rings is 1. The molecule has 0 N–H and O–H groups in total. The summed E-state index contributed by atoms with van der Waals surface area (Å²) in [5.41, 5.74) is 3.77. The van der Waals surface area contributed by atoms with Crippen molar-refractivity contribution in [3.05, 3.63) is 71.7 Å². The highest BCUT2D eigenvalue weighted by Gasteiger charge is 2.14. The number of fused-ring (bicyclic) bond motifs is 1. The Kier molecular flexibility index (Phi) is 3.48. The topological polar surface area (TPSA) is 42.0 Å². The zero-order valence-electron chi connectivity index (χ0n) is 12.5. The smallest absolute Gasteiger partial charge is 0.188 e. The molecule has 0 unspecified atom stereocenters. The predicted octanol–water partition coefficient (Wildman–Crippen LogP) is 5.79. The van der Waals surface area contributed by atoms with Crippen LogP contribution in [0.1, 0.15) is 5.56 Å². The maximum Gasteiger partial charge on any atom is 0.188 e.